The number of nitrogens with one attached hydrogen (secondary N) is 1. The lowest BCUT2D eigenvalue weighted by molar-refractivity contribution is -0.125. The van der Waals surface area contributed by atoms with Crippen LogP contribution >= 0.6 is 0 Å². The van der Waals surface area contributed by atoms with Gasteiger partial charge in [0.2, 0.25) is 5.91 Å². The predicted molar refractivity (Wildman–Crippen MR) is 104 cm³/mol. The zero-order valence-electron chi connectivity index (χ0n) is 16.0. The van der Waals surface area contributed by atoms with Crippen molar-refractivity contribution in [2.24, 2.45) is 0 Å². The maximum absolute atomic E-state index is 12.7. The van der Waals surface area contributed by atoms with E-state index in [1.807, 2.05) is 36.1 Å². The zero-order valence-corrected chi connectivity index (χ0v) is 16.0. The van der Waals surface area contributed by atoms with Crippen molar-refractivity contribution < 1.29 is 4.79 Å². The smallest absolute Gasteiger partial charge is 0.245 e. The second-order valence-corrected chi connectivity index (χ2v) is 7.23. The van der Waals surface area contributed by atoms with Crippen molar-refractivity contribution in [3.05, 3.63) is 49.4 Å². The molecule has 3 aromatic heterocycles. The lowest BCUT2D eigenvalue weighted by Crippen LogP contribution is -2.41. The third-order valence-corrected chi connectivity index (χ3v) is 5.43. The van der Waals surface area contributed by atoms with E-state index in [0.717, 1.165) is 43.4 Å². The minimum atomic E-state index is -0.241. The minimum absolute atomic E-state index is 0.0554. The summed E-state index contributed by atoms with van der Waals surface area (Å²) in [6.45, 7) is 2.01. The summed E-state index contributed by atoms with van der Waals surface area (Å²) in [5, 5.41) is 12.0. The van der Waals surface area contributed by atoms with Crippen LogP contribution in [0.15, 0.2) is 49.4 Å². The molecule has 0 radical (unpaired) electrons. The van der Waals surface area contributed by atoms with E-state index in [-0.39, 0.29) is 18.0 Å². The standard InChI is InChI=1S/C20H25N7O/c1-2-19(26-11-3-9-23-26)20(28)25-16-4-6-17(7-5-16)27-13-15(12-24-27)18-8-10-21-14-22-18/h3,8-14,16-17,19H,2,4-7H2,1H3,(H,25,28). The Bertz CT molecular complexity index is 882. The van der Waals surface area contributed by atoms with E-state index in [1.165, 1.54) is 0 Å². The topological polar surface area (TPSA) is 90.5 Å². The summed E-state index contributed by atoms with van der Waals surface area (Å²) in [7, 11) is 0. The zero-order chi connectivity index (χ0) is 19.3. The van der Waals surface area contributed by atoms with Gasteiger partial charge in [0.1, 0.15) is 12.4 Å². The molecule has 28 heavy (non-hydrogen) atoms. The van der Waals surface area contributed by atoms with Gasteiger partial charge >= 0.3 is 0 Å². The van der Waals surface area contributed by atoms with Crippen molar-refractivity contribution in [1.82, 2.24) is 34.8 Å². The highest BCUT2D eigenvalue weighted by Crippen LogP contribution is 2.29. The molecule has 1 atom stereocenters. The van der Waals surface area contributed by atoms with Crippen LogP contribution in [-0.4, -0.2) is 41.5 Å². The summed E-state index contributed by atoms with van der Waals surface area (Å²) in [5.41, 5.74) is 1.88. The predicted octanol–water partition coefficient (Wildman–Crippen LogP) is 2.79. The molecule has 3 heterocycles. The van der Waals surface area contributed by atoms with Gasteiger partial charge in [-0.1, -0.05) is 6.92 Å². The molecule has 4 rings (SSSR count). The van der Waals surface area contributed by atoms with Crippen LogP contribution in [-0.2, 0) is 4.79 Å². The minimum Gasteiger partial charge on any atom is -0.352 e. The number of hydrogen-bond acceptors (Lipinski definition) is 5. The van der Waals surface area contributed by atoms with Gasteiger partial charge in [-0.2, -0.15) is 10.2 Å². The first kappa shape index (κ1) is 18.3. The summed E-state index contributed by atoms with van der Waals surface area (Å²) < 4.78 is 3.77. The number of carbonyl (C=O) groups is 1. The maximum Gasteiger partial charge on any atom is 0.245 e. The Morgan fingerprint density at radius 3 is 2.79 bits per heavy atom. The first-order chi connectivity index (χ1) is 13.7. The van der Waals surface area contributed by atoms with Gasteiger partial charge in [0, 0.05) is 36.4 Å². The highest BCUT2D eigenvalue weighted by Gasteiger charge is 2.27. The summed E-state index contributed by atoms with van der Waals surface area (Å²) in [5.74, 6) is 0.0554. The molecular formula is C20H25N7O. The van der Waals surface area contributed by atoms with E-state index in [2.05, 4.69) is 31.7 Å². The van der Waals surface area contributed by atoms with E-state index in [1.54, 1.807) is 23.4 Å². The number of nitrogens with zero attached hydrogens (tertiary/aromatic N) is 6. The molecular weight excluding hydrogens is 354 g/mol. The van der Waals surface area contributed by atoms with Gasteiger partial charge in [0.25, 0.3) is 0 Å². The first-order valence-corrected chi connectivity index (χ1v) is 9.84. The molecule has 0 spiro atoms. The van der Waals surface area contributed by atoms with Gasteiger partial charge in [-0.3, -0.25) is 14.2 Å². The molecule has 3 aromatic rings. The van der Waals surface area contributed by atoms with E-state index >= 15 is 0 Å². The number of rotatable bonds is 6. The van der Waals surface area contributed by atoms with Gasteiger partial charge in [0.15, 0.2) is 0 Å². The quantitative estimate of drug-likeness (QED) is 0.711. The highest BCUT2D eigenvalue weighted by atomic mass is 16.2. The average molecular weight is 379 g/mol. The molecule has 8 nitrogen and oxygen atoms in total. The van der Waals surface area contributed by atoms with Crippen LogP contribution in [0.1, 0.15) is 51.1 Å². The lowest BCUT2D eigenvalue weighted by atomic mass is 9.91. The molecule has 8 heteroatoms. The lowest BCUT2D eigenvalue weighted by Gasteiger charge is -2.30. The Kier molecular flexibility index (Phi) is 5.45. The Morgan fingerprint density at radius 1 is 1.25 bits per heavy atom. The van der Waals surface area contributed by atoms with Crippen LogP contribution in [0, 0.1) is 0 Å². The molecule has 0 saturated heterocycles. The van der Waals surface area contributed by atoms with Gasteiger partial charge in [-0.15, -0.1) is 0 Å². The summed E-state index contributed by atoms with van der Waals surface area (Å²) >= 11 is 0. The van der Waals surface area contributed by atoms with E-state index in [4.69, 9.17) is 0 Å². The average Bonchev–Trinajstić information content (AvgIpc) is 3.42. The Morgan fingerprint density at radius 2 is 2.11 bits per heavy atom. The van der Waals surface area contributed by atoms with Crippen LogP contribution in [0.4, 0.5) is 0 Å². The third-order valence-electron chi connectivity index (χ3n) is 5.43. The molecule has 1 unspecified atom stereocenters. The fourth-order valence-electron chi connectivity index (χ4n) is 3.87. The SMILES string of the molecule is CCC(C(=O)NC1CCC(n2cc(-c3ccncn3)cn2)CC1)n1cccn1. The van der Waals surface area contributed by atoms with Crippen LogP contribution in [0.5, 0.6) is 0 Å². The molecule has 1 fully saturated rings. The summed E-state index contributed by atoms with van der Waals surface area (Å²) in [6.07, 6.45) is 15.4. The second-order valence-electron chi connectivity index (χ2n) is 7.23. The van der Waals surface area contributed by atoms with Crippen molar-refractivity contribution in [2.45, 2.75) is 57.2 Å². The van der Waals surface area contributed by atoms with Crippen molar-refractivity contribution in [2.75, 3.05) is 0 Å². The van der Waals surface area contributed by atoms with Crippen molar-refractivity contribution in [3.63, 3.8) is 0 Å². The van der Waals surface area contributed by atoms with Crippen molar-refractivity contribution in [1.29, 1.82) is 0 Å². The Labute approximate surface area is 164 Å². The molecule has 0 aliphatic heterocycles. The Balaban J connectivity index is 1.32. The van der Waals surface area contributed by atoms with Crippen LogP contribution < -0.4 is 5.32 Å². The molecule has 0 bridgehead atoms. The molecule has 1 aliphatic carbocycles. The molecule has 146 valence electrons. The van der Waals surface area contributed by atoms with Gasteiger partial charge in [0.05, 0.1) is 17.9 Å². The summed E-state index contributed by atoms with van der Waals surface area (Å²) in [4.78, 5) is 20.9. The fourth-order valence-corrected chi connectivity index (χ4v) is 3.87. The fraction of sp³-hybridized carbons (Fsp3) is 0.450. The van der Waals surface area contributed by atoms with Gasteiger partial charge in [-0.25, -0.2) is 9.97 Å². The normalized spacial score (nSPS) is 20.6. The van der Waals surface area contributed by atoms with E-state index in [0.29, 0.717) is 6.04 Å². The first-order valence-electron chi connectivity index (χ1n) is 9.84. The van der Waals surface area contributed by atoms with Gasteiger partial charge in [-0.05, 0) is 44.2 Å². The Hall–Kier alpha value is -3.03. The van der Waals surface area contributed by atoms with E-state index < -0.39 is 0 Å². The van der Waals surface area contributed by atoms with Gasteiger partial charge < -0.3 is 5.32 Å². The van der Waals surface area contributed by atoms with Crippen LogP contribution in [0.25, 0.3) is 11.3 Å². The molecule has 0 aromatic carbocycles. The van der Waals surface area contributed by atoms with E-state index in [9.17, 15) is 4.79 Å². The molecule has 1 N–H and O–H groups in total. The summed E-state index contributed by atoms with van der Waals surface area (Å²) in [6, 6.07) is 4.06. The van der Waals surface area contributed by atoms with Crippen molar-refractivity contribution in [3.8, 4) is 11.3 Å². The number of aromatic nitrogens is 6. The number of carbonyl (C=O) groups excluding carboxylic acids is 1. The van der Waals surface area contributed by atoms with Crippen LogP contribution in [0.2, 0.25) is 0 Å². The maximum atomic E-state index is 12.7. The molecule has 1 amide bonds. The monoisotopic (exact) mass is 379 g/mol. The van der Waals surface area contributed by atoms with Crippen molar-refractivity contribution >= 4 is 5.91 Å². The second kappa shape index (κ2) is 8.33. The molecule has 1 saturated carbocycles. The number of amides is 1. The number of hydrogen-bond donors (Lipinski definition) is 1. The van der Waals surface area contributed by atoms with Crippen LogP contribution in [0.3, 0.4) is 0 Å². The largest absolute Gasteiger partial charge is 0.352 e. The highest BCUT2D eigenvalue weighted by molar-refractivity contribution is 5.80. The third kappa shape index (κ3) is 3.95. The molecule has 1 aliphatic rings.